The molecule has 0 aliphatic carbocycles. The molecular weight excluding hydrogens is 201 g/mol. The lowest BCUT2D eigenvalue weighted by molar-refractivity contribution is -0.0328. The number of halogens is 3. The van der Waals surface area contributed by atoms with Crippen molar-refractivity contribution in [3.05, 3.63) is 24.0 Å². The largest absolute Gasteiger partial charge is 0.446 e. The van der Waals surface area contributed by atoms with E-state index in [1.807, 2.05) is 0 Å². The quantitative estimate of drug-likeness (QED) is 0.657. The van der Waals surface area contributed by atoms with Gasteiger partial charge in [0.15, 0.2) is 0 Å². The molecule has 0 spiro atoms. The molecule has 0 fully saturated rings. The molecule has 0 aromatic carbocycles. The molecular formula is C7H2F3N2S. The van der Waals surface area contributed by atoms with Gasteiger partial charge in [-0.2, -0.15) is 18.4 Å². The number of thioether (sulfide) groups is 1. The average molecular weight is 203 g/mol. The van der Waals surface area contributed by atoms with Crippen molar-refractivity contribution in [2.75, 3.05) is 0 Å². The van der Waals surface area contributed by atoms with Crippen LogP contribution in [0.3, 0.4) is 0 Å². The third-order valence-electron chi connectivity index (χ3n) is 1.02. The second-order valence-electron chi connectivity index (χ2n) is 1.99. The van der Waals surface area contributed by atoms with Crippen LogP contribution in [0.25, 0.3) is 0 Å². The molecule has 0 aliphatic rings. The molecule has 0 amide bonds. The highest BCUT2D eigenvalue weighted by Gasteiger charge is 2.29. The van der Waals surface area contributed by atoms with Crippen molar-refractivity contribution in [2.45, 2.75) is 10.4 Å². The Labute approximate surface area is 76.4 Å². The van der Waals surface area contributed by atoms with Crippen molar-refractivity contribution < 1.29 is 13.2 Å². The van der Waals surface area contributed by atoms with E-state index in [1.165, 1.54) is 0 Å². The number of hydrogen-bond acceptors (Lipinski definition) is 3. The summed E-state index contributed by atoms with van der Waals surface area (Å²) < 4.78 is 35.4. The van der Waals surface area contributed by atoms with Gasteiger partial charge in [-0.05, 0) is 17.8 Å². The normalized spacial score (nSPS) is 10.9. The Bertz CT molecular complexity index is 342. The number of aromatic nitrogens is 1. The van der Waals surface area contributed by atoms with Crippen LogP contribution in [0.15, 0.2) is 17.2 Å². The minimum atomic E-state index is -4.37. The summed E-state index contributed by atoms with van der Waals surface area (Å²) in [7, 11) is 0. The second-order valence-corrected chi connectivity index (χ2v) is 3.10. The molecule has 67 valence electrons. The van der Waals surface area contributed by atoms with Gasteiger partial charge in [0.25, 0.3) is 0 Å². The second kappa shape index (κ2) is 3.66. The van der Waals surface area contributed by atoms with E-state index in [-0.39, 0.29) is 22.2 Å². The Morgan fingerprint density at radius 1 is 1.54 bits per heavy atom. The Kier molecular flexibility index (Phi) is 2.78. The van der Waals surface area contributed by atoms with E-state index in [0.29, 0.717) is 0 Å². The van der Waals surface area contributed by atoms with Crippen LogP contribution in [-0.2, 0) is 0 Å². The van der Waals surface area contributed by atoms with Crippen molar-refractivity contribution in [3.63, 3.8) is 0 Å². The summed E-state index contributed by atoms with van der Waals surface area (Å²) in [5.41, 5.74) is -4.28. The first-order chi connectivity index (χ1) is 6.01. The van der Waals surface area contributed by atoms with E-state index in [4.69, 9.17) is 5.26 Å². The number of alkyl halides is 3. The molecule has 13 heavy (non-hydrogen) atoms. The number of nitriles is 1. The van der Waals surface area contributed by atoms with E-state index in [0.717, 1.165) is 12.3 Å². The van der Waals surface area contributed by atoms with Crippen LogP contribution in [0.1, 0.15) is 5.56 Å². The van der Waals surface area contributed by atoms with Crippen molar-refractivity contribution in [2.24, 2.45) is 0 Å². The van der Waals surface area contributed by atoms with Gasteiger partial charge in [-0.1, -0.05) is 0 Å². The Balaban J connectivity index is 2.86. The first kappa shape index (κ1) is 9.86. The lowest BCUT2D eigenvalue weighted by Gasteiger charge is -2.03. The summed E-state index contributed by atoms with van der Waals surface area (Å²) in [4.78, 5) is 3.17. The molecule has 1 radical (unpaired) electrons. The highest BCUT2D eigenvalue weighted by atomic mass is 32.2. The van der Waals surface area contributed by atoms with Crippen molar-refractivity contribution in [1.29, 1.82) is 5.26 Å². The fourth-order valence-corrected chi connectivity index (χ4v) is 1.15. The summed E-state index contributed by atoms with van der Waals surface area (Å²) in [5.74, 6) is 0. The third kappa shape index (κ3) is 3.34. The highest BCUT2D eigenvalue weighted by Crippen LogP contribution is 2.36. The molecule has 0 aliphatic heterocycles. The molecule has 0 atom stereocenters. The summed E-state index contributed by atoms with van der Waals surface area (Å²) in [5, 5.41) is 8.37. The summed E-state index contributed by atoms with van der Waals surface area (Å²) in [6.07, 6.45) is 3.29. The molecule has 0 saturated carbocycles. The summed E-state index contributed by atoms with van der Waals surface area (Å²) >= 11 is -0.339. The smallest absolute Gasteiger partial charge is 0.252 e. The third-order valence-corrected chi connectivity index (χ3v) is 1.68. The lowest BCUT2D eigenvalue weighted by Crippen LogP contribution is -1.99. The highest BCUT2D eigenvalue weighted by molar-refractivity contribution is 8.00. The zero-order valence-corrected chi connectivity index (χ0v) is 6.91. The molecule has 1 aromatic heterocycles. The standard InChI is InChI=1S/C7H2F3N2S/c8-7(9,10)13-6-1-5(2-11)3-12-4-6/h1,3H. The first-order valence-corrected chi connectivity index (χ1v) is 3.86. The maximum absolute atomic E-state index is 11.8. The minimum absolute atomic E-state index is 0.0884. The maximum atomic E-state index is 11.8. The minimum Gasteiger partial charge on any atom is -0.252 e. The fraction of sp³-hybridized carbons (Fsp3) is 0.143. The van der Waals surface area contributed by atoms with Gasteiger partial charge in [0, 0.05) is 11.1 Å². The predicted octanol–water partition coefficient (Wildman–Crippen LogP) is 2.37. The summed E-state index contributed by atoms with van der Waals surface area (Å²) in [6, 6.07) is 2.78. The molecule has 0 unspecified atom stereocenters. The molecule has 0 saturated heterocycles. The van der Waals surface area contributed by atoms with Crippen LogP contribution < -0.4 is 0 Å². The zero-order chi connectivity index (χ0) is 9.90. The SMILES string of the molecule is N#Cc1cn[c]c(SC(F)(F)F)c1. The van der Waals surface area contributed by atoms with Gasteiger partial charge in [0.1, 0.15) is 12.3 Å². The van der Waals surface area contributed by atoms with Crippen LogP contribution in [0.4, 0.5) is 13.2 Å². The Hall–Kier alpha value is -1.22. The monoisotopic (exact) mass is 203 g/mol. The van der Waals surface area contributed by atoms with Crippen LogP contribution in [0.2, 0.25) is 0 Å². The molecule has 0 N–H and O–H groups in total. The van der Waals surface area contributed by atoms with Crippen molar-refractivity contribution in [1.82, 2.24) is 4.98 Å². The van der Waals surface area contributed by atoms with Gasteiger partial charge < -0.3 is 0 Å². The van der Waals surface area contributed by atoms with Gasteiger partial charge in [0.05, 0.1) is 5.56 Å². The average Bonchev–Trinajstić information content (AvgIpc) is 2.01. The Morgan fingerprint density at radius 3 is 2.77 bits per heavy atom. The van der Waals surface area contributed by atoms with Crippen LogP contribution >= 0.6 is 11.8 Å². The van der Waals surface area contributed by atoms with E-state index < -0.39 is 5.51 Å². The number of nitrogens with zero attached hydrogens (tertiary/aromatic N) is 2. The topological polar surface area (TPSA) is 36.7 Å². The molecule has 1 aromatic rings. The van der Waals surface area contributed by atoms with E-state index >= 15 is 0 Å². The van der Waals surface area contributed by atoms with Crippen LogP contribution in [0.5, 0.6) is 0 Å². The Morgan fingerprint density at radius 2 is 2.23 bits per heavy atom. The van der Waals surface area contributed by atoms with E-state index in [1.54, 1.807) is 6.07 Å². The van der Waals surface area contributed by atoms with E-state index in [2.05, 4.69) is 11.2 Å². The van der Waals surface area contributed by atoms with Gasteiger partial charge in [-0.25, -0.2) is 0 Å². The number of hydrogen-bond donors (Lipinski definition) is 0. The molecule has 1 heterocycles. The maximum Gasteiger partial charge on any atom is 0.446 e. The molecule has 1 rings (SSSR count). The zero-order valence-electron chi connectivity index (χ0n) is 6.09. The number of pyridine rings is 1. The molecule has 0 bridgehead atoms. The molecule has 6 heteroatoms. The number of rotatable bonds is 1. The van der Waals surface area contributed by atoms with Gasteiger partial charge >= 0.3 is 5.51 Å². The fourth-order valence-electron chi connectivity index (χ4n) is 0.614. The first-order valence-electron chi connectivity index (χ1n) is 3.05. The summed E-state index contributed by atoms with van der Waals surface area (Å²) in [6.45, 7) is 0. The van der Waals surface area contributed by atoms with Gasteiger partial charge in [0.2, 0.25) is 0 Å². The van der Waals surface area contributed by atoms with Crippen molar-refractivity contribution >= 4 is 11.8 Å². The lowest BCUT2D eigenvalue weighted by atomic mass is 10.3. The van der Waals surface area contributed by atoms with Crippen LogP contribution in [0, 0.1) is 17.5 Å². The predicted molar refractivity (Wildman–Crippen MR) is 39.7 cm³/mol. The van der Waals surface area contributed by atoms with Crippen molar-refractivity contribution in [3.8, 4) is 6.07 Å². The van der Waals surface area contributed by atoms with Gasteiger partial charge in [-0.3, -0.25) is 4.98 Å². The van der Waals surface area contributed by atoms with Crippen LogP contribution in [-0.4, -0.2) is 10.5 Å². The molecule has 2 nitrogen and oxygen atoms in total. The van der Waals surface area contributed by atoms with E-state index in [9.17, 15) is 13.2 Å². The van der Waals surface area contributed by atoms with Gasteiger partial charge in [-0.15, -0.1) is 0 Å².